The average molecular weight is 383 g/mol. The molecule has 0 fully saturated rings. The van der Waals surface area contributed by atoms with E-state index in [1.165, 1.54) is 5.56 Å². The molecule has 1 N–H and O–H groups in total. The molecular weight excluding hydrogens is 354 g/mol. The first-order valence-electron chi connectivity index (χ1n) is 9.76. The Labute approximate surface area is 167 Å². The van der Waals surface area contributed by atoms with Crippen LogP contribution in [0.5, 0.6) is 5.75 Å². The van der Waals surface area contributed by atoms with E-state index in [4.69, 9.17) is 9.47 Å². The maximum absolute atomic E-state index is 11.9. The van der Waals surface area contributed by atoms with Crippen molar-refractivity contribution in [2.45, 2.75) is 39.5 Å². The highest BCUT2D eigenvalue weighted by Crippen LogP contribution is 2.13. The molecule has 0 atom stereocenters. The van der Waals surface area contributed by atoms with Gasteiger partial charge < -0.3 is 14.8 Å². The summed E-state index contributed by atoms with van der Waals surface area (Å²) in [5, 5.41) is 2.78. The third-order valence-electron chi connectivity index (χ3n) is 4.30. The number of hydrogen-bond donors (Lipinski definition) is 1. The molecule has 1 amide bonds. The maximum atomic E-state index is 11.9. The van der Waals surface area contributed by atoms with Gasteiger partial charge in [-0.05, 0) is 49.9 Å². The number of nitrogens with one attached hydrogen (secondary N) is 1. The summed E-state index contributed by atoms with van der Waals surface area (Å²) < 4.78 is 10.6. The average Bonchev–Trinajstić information content (AvgIpc) is 2.70. The lowest BCUT2D eigenvalue weighted by Crippen LogP contribution is -2.28. The van der Waals surface area contributed by atoms with Crippen LogP contribution in [0, 0.1) is 6.92 Å². The smallest absolute Gasteiger partial charge is 0.306 e. The minimum Gasteiger partial charge on any atom is -0.494 e. The van der Waals surface area contributed by atoms with Crippen molar-refractivity contribution < 1.29 is 19.1 Å². The third kappa shape index (κ3) is 8.25. The second-order valence-corrected chi connectivity index (χ2v) is 6.63. The molecule has 0 heterocycles. The van der Waals surface area contributed by atoms with E-state index in [0.29, 0.717) is 38.8 Å². The number of benzene rings is 2. The third-order valence-corrected chi connectivity index (χ3v) is 4.30. The fraction of sp³-hybridized carbons (Fsp3) is 0.391. The number of carbonyl (C=O) groups excluding carboxylic acids is 2. The molecule has 0 aliphatic rings. The van der Waals surface area contributed by atoms with Gasteiger partial charge in [-0.1, -0.05) is 42.0 Å². The molecule has 2 aromatic rings. The summed E-state index contributed by atoms with van der Waals surface area (Å²) in [7, 11) is 0. The summed E-state index contributed by atoms with van der Waals surface area (Å²) in [5.41, 5.74) is 3.41. The molecule has 2 aromatic carbocycles. The maximum Gasteiger partial charge on any atom is 0.306 e. The minimum absolute atomic E-state index is 0.0361. The Morgan fingerprint density at radius 3 is 2.14 bits per heavy atom. The molecule has 0 unspecified atom stereocenters. The molecule has 0 saturated heterocycles. The molecule has 0 saturated carbocycles. The Kier molecular flexibility index (Phi) is 9.05. The molecule has 150 valence electrons. The summed E-state index contributed by atoms with van der Waals surface area (Å²) in [4.78, 5) is 23.7. The van der Waals surface area contributed by atoms with E-state index in [1.54, 1.807) is 0 Å². The largest absolute Gasteiger partial charge is 0.494 e. The normalized spacial score (nSPS) is 10.4. The lowest BCUT2D eigenvalue weighted by atomic mass is 10.1. The van der Waals surface area contributed by atoms with Crippen molar-refractivity contribution in [1.29, 1.82) is 0 Å². The monoisotopic (exact) mass is 383 g/mol. The zero-order chi connectivity index (χ0) is 20.2. The second kappa shape index (κ2) is 11.8. The molecule has 28 heavy (non-hydrogen) atoms. The van der Waals surface area contributed by atoms with E-state index in [9.17, 15) is 9.59 Å². The fourth-order valence-electron chi connectivity index (χ4n) is 2.69. The summed E-state index contributed by atoms with van der Waals surface area (Å²) in [6, 6.07) is 15.9. The van der Waals surface area contributed by atoms with E-state index in [-0.39, 0.29) is 18.5 Å². The van der Waals surface area contributed by atoms with Crippen molar-refractivity contribution in [3.05, 3.63) is 65.2 Å². The van der Waals surface area contributed by atoms with E-state index < -0.39 is 0 Å². The number of ether oxygens (including phenoxy) is 2. The Balaban J connectivity index is 1.55. The van der Waals surface area contributed by atoms with Crippen LogP contribution in [0.15, 0.2) is 48.5 Å². The van der Waals surface area contributed by atoms with Gasteiger partial charge in [-0.2, -0.15) is 0 Å². The van der Waals surface area contributed by atoms with Crippen LogP contribution in [0.3, 0.4) is 0 Å². The van der Waals surface area contributed by atoms with E-state index in [2.05, 4.69) is 5.32 Å². The minimum atomic E-state index is -0.261. The SMILES string of the molecule is CCOc1ccc(CCC(=O)OCCNC(=O)CCc2ccc(C)cc2)cc1. The van der Waals surface area contributed by atoms with Crippen molar-refractivity contribution in [3.63, 3.8) is 0 Å². The highest BCUT2D eigenvalue weighted by atomic mass is 16.5. The molecule has 0 bridgehead atoms. The molecule has 0 spiro atoms. The number of amides is 1. The van der Waals surface area contributed by atoms with E-state index in [1.807, 2.05) is 62.4 Å². The first kappa shape index (κ1) is 21.5. The lowest BCUT2D eigenvalue weighted by Gasteiger charge is -2.08. The predicted molar refractivity (Wildman–Crippen MR) is 109 cm³/mol. The second-order valence-electron chi connectivity index (χ2n) is 6.63. The summed E-state index contributed by atoms with van der Waals surface area (Å²) in [6.07, 6.45) is 2.06. The molecular formula is C23H29NO4. The van der Waals surface area contributed by atoms with Gasteiger partial charge in [0.15, 0.2) is 0 Å². The Bertz CT molecular complexity index is 738. The number of esters is 1. The van der Waals surface area contributed by atoms with Gasteiger partial charge in [0.25, 0.3) is 0 Å². The van der Waals surface area contributed by atoms with Crippen LogP contribution in [-0.2, 0) is 27.2 Å². The van der Waals surface area contributed by atoms with Crippen molar-refractivity contribution in [2.75, 3.05) is 19.8 Å². The van der Waals surface area contributed by atoms with Crippen molar-refractivity contribution in [3.8, 4) is 5.75 Å². The van der Waals surface area contributed by atoms with Gasteiger partial charge in [0.2, 0.25) is 5.91 Å². The molecule has 0 aromatic heterocycles. The van der Waals surface area contributed by atoms with E-state index >= 15 is 0 Å². The van der Waals surface area contributed by atoms with Gasteiger partial charge in [-0.3, -0.25) is 9.59 Å². The van der Waals surface area contributed by atoms with Crippen molar-refractivity contribution >= 4 is 11.9 Å². The zero-order valence-corrected chi connectivity index (χ0v) is 16.7. The van der Waals surface area contributed by atoms with Gasteiger partial charge in [-0.25, -0.2) is 0 Å². The van der Waals surface area contributed by atoms with E-state index in [0.717, 1.165) is 16.9 Å². The topological polar surface area (TPSA) is 64.6 Å². The van der Waals surface area contributed by atoms with Crippen LogP contribution in [0.1, 0.15) is 36.5 Å². The summed E-state index contributed by atoms with van der Waals surface area (Å²) in [5.74, 6) is 0.528. The molecule has 2 rings (SSSR count). The number of aryl methyl sites for hydroxylation is 3. The highest BCUT2D eigenvalue weighted by Gasteiger charge is 2.06. The summed E-state index contributed by atoms with van der Waals surface area (Å²) in [6.45, 7) is 5.14. The van der Waals surface area contributed by atoms with Gasteiger partial charge in [0, 0.05) is 12.8 Å². The van der Waals surface area contributed by atoms with Crippen LogP contribution in [0.4, 0.5) is 0 Å². The van der Waals surface area contributed by atoms with Crippen LogP contribution < -0.4 is 10.1 Å². The van der Waals surface area contributed by atoms with Gasteiger partial charge in [0.1, 0.15) is 12.4 Å². The molecule has 0 aliphatic heterocycles. The molecule has 5 nitrogen and oxygen atoms in total. The van der Waals surface area contributed by atoms with Gasteiger partial charge in [-0.15, -0.1) is 0 Å². The van der Waals surface area contributed by atoms with Crippen LogP contribution >= 0.6 is 0 Å². The van der Waals surface area contributed by atoms with Crippen LogP contribution in [0.2, 0.25) is 0 Å². The molecule has 0 aliphatic carbocycles. The van der Waals surface area contributed by atoms with Gasteiger partial charge >= 0.3 is 5.97 Å². The fourth-order valence-corrected chi connectivity index (χ4v) is 2.69. The molecule has 5 heteroatoms. The first-order valence-corrected chi connectivity index (χ1v) is 9.76. The zero-order valence-electron chi connectivity index (χ0n) is 16.7. The Morgan fingerprint density at radius 1 is 0.893 bits per heavy atom. The number of carbonyl (C=O) groups is 2. The summed E-state index contributed by atoms with van der Waals surface area (Å²) >= 11 is 0. The standard InChI is InChI=1S/C23H29NO4/c1-3-27-21-12-8-20(9-13-21)11-15-23(26)28-17-16-24-22(25)14-10-19-6-4-18(2)5-7-19/h4-9,12-13H,3,10-11,14-17H2,1-2H3,(H,24,25). The Hall–Kier alpha value is -2.82. The molecule has 0 radical (unpaired) electrons. The van der Waals surface area contributed by atoms with Crippen molar-refractivity contribution in [1.82, 2.24) is 5.32 Å². The highest BCUT2D eigenvalue weighted by molar-refractivity contribution is 5.76. The quantitative estimate of drug-likeness (QED) is 0.475. The van der Waals surface area contributed by atoms with Crippen LogP contribution in [0.25, 0.3) is 0 Å². The number of hydrogen-bond acceptors (Lipinski definition) is 4. The predicted octanol–water partition coefficient (Wildman–Crippen LogP) is 3.62. The first-order chi connectivity index (χ1) is 13.6. The Morgan fingerprint density at radius 2 is 1.50 bits per heavy atom. The van der Waals surface area contributed by atoms with Gasteiger partial charge in [0.05, 0.1) is 13.2 Å². The lowest BCUT2D eigenvalue weighted by molar-refractivity contribution is -0.143. The number of rotatable bonds is 11. The van der Waals surface area contributed by atoms with Crippen LogP contribution in [-0.4, -0.2) is 31.6 Å². The van der Waals surface area contributed by atoms with Crippen molar-refractivity contribution in [2.24, 2.45) is 0 Å².